The molecule has 0 unspecified atom stereocenters. The maximum Gasteiger partial charge on any atom is 0.113 e. The van der Waals surface area contributed by atoms with E-state index in [1.54, 1.807) is 0 Å². The van der Waals surface area contributed by atoms with E-state index >= 15 is 0 Å². The molecule has 0 saturated heterocycles. The summed E-state index contributed by atoms with van der Waals surface area (Å²) in [5.41, 5.74) is 5.42. The van der Waals surface area contributed by atoms with Gasteiger partial charge in [-0.05, 0) is 56.9 Å². The summed E-state index contributed by atoms with van der Waals surface area (Å²) in [4.78, 5) is 0. The first-order valence-electron chi connectivity index (χ1n) is 7.68. The Balaban J connectivity index is 2.20. The van der Waals surface area contributed by atoms with Crippen LogP contribution in [0.2, 0.25) is 13.1 Å². The molecule has 114 valence electrons. The van der Waals surface area contributed by atoms with Crippen molar-refractivity contribution >= 4 is 50.3 Å². The van der Waals surface area contributed by atoms with Gasteiger partial charge in [0.15, 0.2) is 0 Å². The highest BCUT2D eigenvalue weighted by Gasteiger charge is 2.34. The Bertz CT molecular complexity index is 854. The van der Waals surface area contributed by atoms with Crippen LogP contribution in [0.4, 0.5) is 0 Å². The molecule has 1 aliphatic heterocycles. The van der Waals surface area contributed by atoms with E-state index in [0.717, 1.165) is 8.95 Å². The minimum atomic E-state index is -1.77. The van der Waals surface area contributed by atoms with E-state index in [2.05, 4.69) is 106 Å². The maximum absolute atomic E-state index is 3.66. The number of hydrogen-bond acceptors (Lipinski definition) is 0. The molecule has 0 amide bonds. The monoisotopic (exact) mass is 442 g/mol. The largest absolute Gasteiger partial charge is 0.113 e. The number of benzene rings is 3. The minimum Gasteiger partial charge on any atom is -0.0616 e. The molecule has 0 nitrogen and oxygen atoms in total. The summed E-state index contributed by atoms with van der Waals surface area (Å²) in [6.45, 7) is 4.91. The molecule has 3 heteroatoms. The predicted molar refractivity (Wildman–Crippen MR) is 109 cm³/mol. The Hall–Kier alpha value is -1.16. The number of fused-ring (bicyclic) bond motifs is 5. The lowest BCUT2D eigenvalue weighted by molar-refractivity contribution is 1.60. The number of hydrogen-bond donors (Lipinski definition) is 0. The summed E-state index contributed by atoms with van der Waals surface area (Å²) in [6.07, 6.45) is 0. The Morgan fingerprint density at radius 2 is 1.04 bits per heavy atom. The van der Waals surface area contributed by atoms with Crippen LogP contribution in [0.1, 0.15) is 0 Å². The van der Waals surface area contributed by atoms with Crippen LogP contribution in [0.25, 0.3) is 22.3 Å². The quantitative estimate of drug-likeness (QED) is 0.392. The van der Waals surface area contributed by atoms with Crippen LogP contribution in [-0.2, 0) is 0 Å². The molecule has 0 atom stereocenters. The van der Waals surface area contributed by atoms with Gasteiger partial charge < -0.3 is 0 Å². The van der Waals surface area contributed by atoms with Crippen LogP contribution in [0.15, 0.2) is 69.6 Å². The standard InChI is InChI=1S/C20H16Br2Si/c1-23(2)19-9-7-13(21)11-17(19)15-5-3-4-6-16(15)18-12-14(22)8-10-20(18)23/h3-12H,1-2H3. The van der Waals surface area contributed by atoms with Gasteiger partial charge in [-0.25, -0.2) is 0 Å². The van der Waals surface area contributed by atoms with Gasteiger partial charge in [0.1, 0.15) is 8.07 Å². The lowest BCUT2D eigenvalue weighted by Crippen LogP contribution is -2.53. The molecule has 3 aromatic carbocycles. The van der Waals surface area contributed by atoms with Gasteiger partial charge in [0.2, 0.25) is 0 Å². The van der Waals surface area contributed by atoms with E-state index in [1.807, 2.05) is 0 Å². The smallest absolute Gasteiger partial charge is 0.0616 e. The third-order valence-corrected chi connectivity index (χ3v) is 9.37. The molecule has 0 fully saturated rings. The minimum absolute atomic E-state index is 1.14. The zero-order valence-electron chi connectivity index (χ0n) is 13.0. The zero-order chi connectivity index (χ0) is 16.2. The second-order valence-corrected chi connectivity index (χ2v) is 12.7. The third-order valence-electron chi connectivity index (χ3n) is 4.82. The van der Waals surface area contributed by atoms with Crippen molar-refractivity contribution in [1.82, 2.24) is 0 Å². The van der Waals surface area contributed by atoms with Gasteiger partial charge >= 0.3 is 0 Å². The Morgan fingerprint density at radius 1 is 0.609 bits per heavy atom. The van der Waals surface area contributed by atoms with Gasteiger partial charge in [-0.15, -0.1) is 0 Å². The van der Waals surface area contributed by atoms with Gasteiger partial charge in [0.05, 0.1) is 0 Å². The molecule has 1 heterocycles. The van der Waals surface area contributed by atoms with Gasteiger partial charge in [-0.3, -0.25) is 0 Å². The van der Waals surface area contributed by atoms with Crippen molar-refractivity contribution < 1.29 is 0 Å². The van der Waals surface area contributed by atoms with Crippen LogP contribution in [0, 0.1) is 0 Å². The second kappa shape index (κ2) is 5.44. The molecule has 1 aliphatic rings. The molecule has 0 N–H and O–H groups in total. The fourth-order valence-electron chi connectivity index (χ4n) is 3.67. The molecule has 0 spiro atoms. The number of rotatable bonds is 0. The Kier molecular flexibility index (Phi) is 3.63. The summed E-state index contributed by atoms with van der Waals surface area (Å²) in [5.74, 6) is 0. The first kappa shape index (κ1) is 15.4. The first-order chi connectivity index (χ1) is 11.0. The molecule has 0 radical (unpaired) electrons. The van der Waals surface area contributed by atoms with Crippen LogP contribution in [0.3, 0.4) is 0 Å². The van der Waals surface area contributed by atoms with Gasteiger partial charge in [0.25, 0.3) is 0 Å². The van der Waals surface area contributed by atoms with E-state index in [4.69, 9.17) is 0 Å². The second-order valence-electron chi connectivity index (χ2n) is 6.55. The molecule has 3 aromatic rings. The highest BCUT2D eigenvalue weighted by molar-refractivity contribution is 9.10. The highest BCUT2D eigenvalue weighted by Crippen LogP contribution is 2.37. The van der Waals surface area contributed by atoms with E-state index < -0.39 is 8.07 Å². The summed E-state index contributed by atoms with van der Waals surface area (Å²) in [5, 5.41) is 3.02. The molecule has 0 saturated carbocycles. The number of halogens is 2. The van der Waals surface area contributed by atoms with E-state index in [1.165, 1.54) is 32.6 Å². The van der Waals surface area contributed by atoms with Crippen molar-refractivity contribution in [3.63, 3.8) is 0 Å². The Morgan fingerprint density at radius 3 is 1.48 bits per heavy atom. The van der Waals surface area contributed by atoms with Crippen molar-refractivity contribution in [2.24, 2.45) is 0 Å². The topological polar surface area (TPSA) is 0 Å². The van der Waals surface area contributed by atoms with Crippen molar-refractivity contribution in [3.05, 3.63) is 69.6 Å². The average molecular weight is 444 g/mol. The van der Waals surface area contributed by atoms with Crippen molar-refractivity contribution in [1.29, 1.82) is 0 Å². The fraction of sp³-hybridized carbons (Fsp3) is 0.100. The summed E-state index contributed by atoms with van der Waals surface area (Å²) < 4.78 is 2.28. The molecule has 0 aromatic heterocycles. The van der Waals surface area contributed by atoms with Gasteiger partial charge in [-0.2, -0.15) is 0 Å². The molecule has 0 aliphatic carbocycles. The first-order valence-corrected chi connectivity index (χ1v) is 12.3. The lowest BCUT2D eigenvalue weighted by atomic mass is 9.95. The molecular weight excluding hydrogens is 428 g/mol. The van der Waals surface area contributed by atoms with Crippen LogP contribution in [-0.4, -0.2) is 8.07 Å². The Labute approximate surface area is 154 Å². The average Bonchev–Trinajstić information content (AvgIpc) is 2.60. The fourth-order valence-corrected chi connectivity index (χ4v) is 7.44. The van der Waals surface area contributed by atoms with Crippen LogP contribution in [0.5, 0.6) is 0 Å². The SMILES string of the molecule is C[Si]1(C)c2ccc(Br)cc2-c2ccccc2-c2cc(Br)ccc21. The van der Waals surface area contributed by atoms with E-state index in [9.17, 15) is 0 Å². The lowest BCUT2D eigenvalue weighted by Gasteiger charge is -2.26. The van der Waals surface area contributed by atoms with E-state index in [0.29, 0.717) is 0 Å². The molecule has 4 rings (SSSR count). The summed E-state index contributed by atoms with van der Waals surface area (Å²) in [7, 11) is -1.77. The predicted octanol–water partition coefficient (Wildman–Crippen LogP) is 5.68. The van der Waals surface area contributed by atoms with Gasteiger partial charge in [-0.1, -0.05) is 81.4 Å². The van der Waals surface area contributed by atoms with Crippen molar-refractivity contribution in [3.8, 4) is 22.3 Å². The molecule has 0 bridgehead atoms. The molecule has 23 heavy (non-hydrogen) atoms. The van der Waals surface area contributed by atoms with Crippen molar-refractivity contribution in [2.75, 3.05) is 0 Å². The normalized spacial score (nSPS) is 14.4. The maximum atomic E-state index is 3.66. The molecular formula is C20H16Br2Si. The highest BCUT2D eigenvalue weighted by atomic mass is 79.9. The summed E-state index contributed by atoms with van der Waals surface area (Å²) >= 11 is 7.32. The van der Waals surface area contributed by atoms with Crippen molar-refractivity contribution in [2.45, 2.75) is 13.1 Å². The van der Waals surface area contributed by atoms with Gasteiger partial charge in [0, 0.05) is 8.95 Å². The van der Waals surface area contributed by atoms with E-state index in [-0.39, 0.29) is 0 Å². The third kappa shape index (κ3) is 2.37. The van der Waals surface area contributed by atoms with Crippen LogP contribution < -0.4 is 10.4 Å². The summed E-state index contributed by atoms with van der Waals surface area (Å²) in [6, 6.07) is 22.3. The zero-order valence-corrected chi connectivity index (χ0v) is 17.2. The van der Waals surface area contributed by atoms with Crippen LogP contribution >= 0.6 is 31.9 Å².